The van der Waals surface area contributed by atoms with Gasteiger partial charge >= 0.3 is 5.97 Å². The van der Waals surface area contributed by atoms with Gasteiger partial charge in [-0.1, -0.05) is 18.2 Å². The van der Waals surface area contributed by atoms with Crippen LogP contribution in [0.4, 0.5) is 4.39 Å². The van der Waals surface area contributed by atoms with Crippen LogP contribution in [0.2, 0.25) is 0 Å². The lowest BCUT2D eigenvalue weighted by Crippen LogP contribution is -2.00. The number of carboxylic acid groups (broad SMARTS) is 1. The van der Waals surface area contributed by atoms with Crippen LogP contribution in [0.25, 0.3) is 11.6 Å². The second-order valence-corrected chi connectivity index (χ2v) is 4.76. The first-order valence-corrected chi connectivity index (χ1v) is 6.51. The molecule has 5 heteroatoms. The molecule has 0 saturated heterocycles. The first kappa shape index (κ1) is 15.6. The summed E-state index contributed by atoms with van der Waals surface area (Å²) in [5.41, 5.74) is 1.18. The molecule has 4 nitrogen and oxygen atoms in total. The van der Waals surface area contributed by atoms with Crippen molar-refractivity contribution in [1.29, 1.82) is 0 Å². The zero-order valence-electron chi connectivity index (χ0n) is 12.1. The van der Waals surface area contributed by atoms with Crippen LogP contribution in [-0.4, -0.2) is 23.3 Å². The van der Waals surface area contributed by atoms with E-state index in [0.717, 1.165) is 0 Å². The SMILES string of the molecule is COc1cc(/C=C(\C(=O)O)c2ccc(C)c(F)c2)ccc1O. The highest BCUT2D eigenvalue weighted by atomic mass is 19.1. The molecule has 2 aromatic rings. The van der Waals surface area contributed by atoms with E-state index in [1.165, 1.54) is 37.5 Å². The van der Waals surface area contributed by atoms with Crippen molar-refractivity contribution in [3.8, 4) is 11.5 Å². The number of phenols is 1. The van der Waals surface area contributed by atoms with Gasteiger partial charge in [-0.2, -0.15) is 0 Å². The van der Waals surface area contributed by atoms with Gasteiger partial charge in [0, 0.05) is 0 Å². The van der Waals surface area contributed by atoms with Gasteiger partial charge in [-0.25, -0.2) is 9.18 Å². The number of methoxy groups -OCH3 is 1. The Balaban J connectivity index is 2.51. The van der Waals surface area contributed by atoms with Gasteiger partial charge in [0.15, 0.2) is 11.5 Å². The Morgan fingerprint density at radius 1 is 1.23 bits per heavy atom. The van der Waals surface area contributed by atoms with Gasteiger partial charge in [0.2, 0.25) is 0 Å². The molecule has 0 heterocycles. The molecule has 0 atom stereocenters. The molecule has 0 unspecified atom stereocenters. The van der Waals surface area contributed by atoms with Gasteiger partial charge in [0.05, 0.1) is 12.7 Å². The topological polar surface area (TPSA) is 66.8 Å². The van der Waals surface area contributed by atoms with Crippen LogP contribution in [0.1, 0.15) is 16.7 Å². The van der Waals surface area contributed by atoms with E-state index in [4.69, 9.17) is 4.74 Å². The Labute approximate surface area is 127 Å². The summed E-state index contributed by atoms with van der Waals surface area (Å²) in [5.74, 6) is -1.45. The normalized spacial score (nSPS) is 11.3. The van der Waals surface area contributed by atoms with E-state index >= 15 is 0 Å². The van der Waals surface area contributed by atoms with Crippen LogP contribution < -0.4 is 4.74 Å². The van der Waals surface area contributed by atoms with E-state index in [9.17, 15) is 19.4 Å². The monoisotopic (exact) mass is 302 g/mol. The van der Waals surface area contributed by atoms with Crippen LogP contribution in [0.5, 0.6) is 11.5 Å². The summed E-state index contributed by atoms with van der Waals surface area (Å²) in [4.78, 5) is 11.5. The minimum atomic E-state index is -1.17. The lowest BCUT2D eigenvalue weighted by Gasteiger charge is -2.07. The van der Waals surface area contributed by atoms with Crippen LogP contribution >= 0.6 is 0 Å². The zero-order valence-corrected chi connectivity index (χ0v) is 12.1. The molecule has 0 aliphatic heterocycles. The highest BCUT2D eigenvalue weighted by molar-refractivity contribution is 6.20. The molecule has 0 amide bonds. The second kappa shape index (κ2) is 6.30. The molecule has 0 spiro atoms. The number of carbonyl (C=O) groups is 1. The summed E-state index contributed by atoms with van der Waals surface area (Å²) in [5, 5.41) is 18.9. The van der Waals surface area contributed by atoms with E-state index in [-0.39, 0.29) is 22.6 Å². The maximum Gasteiger partial charge on any atom is 0.336 e. The number of phenolic OH excluding ortho intramolecular Hbond substituents is 1. The molecule has 0 aromatic heterocycles. The number of hydrogen-bond donors (Lipinski definition) is 2. The summed E-state index contributed by atoms with van der Waals surface area (Å²) in [6.45, 7) is 1.61. The standard InChI is InChI=1S/C17H15FO4/c1-10-3-5-12(9-14(10)18)13(17(20)21)7-11-4-6-15(19)16(8-11)22-2/h3-9,19H,1-2H3,(H,20,21)/b13-7-. The Kier molecular flexibility index (Phi) is 4.46. The number of aryl methyl sites for hydroxylation is 1. The number of rotatable bonds is 4. The van der Waals surface area contributed by atoms with Gasteiger partial charge < -0.3 is 14.9 Å². The largest absolute Gasteiger partial charge is 0.504 e. The summed E-state index contributed by atoms with van der Waals surface area (Å²) in [6, 6.07) is 8.72. The van der Waals surface area contributed by atoms with Gasteiger partial charge in [0.25, 0.3) is 0 Å². The van der Waals surface area contributed by atoms with Crippen molar-refractivity contribution >= 4 is 17.6 Å². The number of aliphatic carboxylic acids is 1. The first-order valence-electron chi connectivity index (χ1n) is 6.51. The van der Waals surface area contributed by atoms with Crippen molar-refractivity contribution in [2.45, 2.75) is 6.92 Å². The Morgan fingerprint density at radius 2 is 1.95 bits per heavy atom. The summed E-state index contributed by atoms with van der Waals surface area (Å²) >= 11 is 0. The number of halogens is 1. The van der Waals surface area contributed by atoms with Gasteiger partial charge in [-0.05, 0) is 47.9 Å². The molecule has 22 heavy (non-hydrogen) atoms. The molecule has 0 aliphatic carbocycles. The molecular weight excluding hydrogens is 287 g/mol. The number of aromatic hydroxyl groups is 1. The smallest absolute Gasteiger partial charge is 0.336 e. The quantitative estimate of drug-likeness (QED) is 0.670. The van der Waals surface area contributed by atoms with Crippen molar-refractivity contribution in [1.82, 2.24) is 0 Å². The molecule has 0 saturated carbocycles. The number of hydrogen-bond acceptors (Lipinski definition) is 3. The predicted molar refractivity (Wildman–Crippen MR) is 81.3 cm³/mol. The molecule has 0 fully saturated rings. The summed E-state index contributed by atoms with van der Waals surface area (Å²) in [6.07, 6.45) is 1.40. The second-order valence-electron chi connectivity index (χ2n) is 4.76. The van der Waals surface area contributed by atoms with Crippen molar-refractivity contribution in [3.05, 3.63) is 58.9 Å². The Hall–Kier alpha value is -2.82. The fourth-order valence-electron chi connectivity index (χ4n) is 1.98. The fourth-order valence-corrected chi connectivity index (χ4v) is 1.98. The van der Waals surface area contributed by atoms with E-state index in [1.807, 2.05) is 0 Å². The molecule has 2 rings (SSSR count). The molecule has 0 bridgehead atoms. The molecule has 0 radical (unpaired) electrons. The van der Waals surface area contributed by atoms with Gasteiger partial charge in [0.1, 0.15) is 5.82 Å². The van der Waals surface area contributed by atoms with Crippen LogP contribution in [0.15, 0.2) is 36.4 Å². The average molecular weight is 302 g/mol. The summed E-state index contributed by atoms with van der Waals surface area (Å²) in [7, 11) is 1.40. The van der Waals surface area contributed by atoms with E-state index in [2.05, 4.69) is 0 Å². The van der Waals surface area contributed by atoms with Crippen LogP contribution in [0, 0.1) is 12.7 Å². The lowest BCUT2D eigenvalue weighted by atomic mass is 10.0. The van der Waals surface area contributed by atoms with Crippen molar-refractivity contribution in [3.63, 3.8) is 0 Å². The highest BCUT2D eigenvalue weighted by Gasteiger charge is 2.13. The molecule has 2 aromatic carbocycles. The molecule has 2 N–H and O–H groups in total. The molecular formula is C17H15FO4. The zero-order chi connectivity index (χ0) is 16.3. The third-order valence-corrected chi connectivity index (χ3v) is 3.23. The van der Waals surface area contributed by atoms with Gasteiger partial charge in [-0.15, -0.1) is 0 Å². The Bertz CT molecular complexity index is 750. The van der Waals surface area contributed by atoms with Crippen molar-refractivity contribution in [2.75, 3.05) is 7.11 Å². The molecule has 0 aliphatic rings. The lowest BCUT2D eigenvalue weighted by molar-refractivity contribution is -0.130. The fraction of sp³-hybridized carbons (Fsp3) is 0.118. The Morgan fingerprint density at radius 3 is 2.55 bits per heavy atom. The number of ether oxygens (including phenoxy) is 1. The average Bonchev–Trinajstić information content (AvgIpc) is 2.49. The van der Waals surface area contributed by atoms with Crippen LogP contribution in [-0.2, 0) is 4.79 Å². The minimum absolute atomic E-state index is 0.0436. The van der Waals surface area contributed by atoms with Crippen molar-refractivity contribution in [2.24, 2.45) is 0 Å². The predicted octanol–water partition coefficient (Wildman–Crippen LogP) is 3.47. The number of benzene rings is 2. The van der Waals surface area contributed by atoms with E-state index in [0.29, 0.717) is 11.1 Å². The van der Waals surface area contributed by atoms with Crippen molar-refractivity contribution < 1.29 is 24.1 Å². The maximum absolute atomic E-state index is 13.6. The minimum Gasteiger partial charge on any atom is -0.504 e. The first-order chi connectivity index (χ1) is 10.4. The summed E-state index contributed by atoms with van der Waals surface area (Å²) < 4.78 is 18.6. The highest BCUT2D eigenvalue weighted by Crippen LogP contribution is 2.28. The third kappa shape index (κ3) is 3.25. The number of carboxylic acids is 1. The van der Waals surface area contributed by atoms with E-state index < -0.39 is 11.8 Å². The van der Waals surface area contributed by atoms with E-state index in [1.54, 1.807) is 19.1 Å². The van der Waals surface area contributed by atoms with Gasteiger partial charge in [-0.3, -0.25) is 0 Å². The molecule has 114 valence electrons. The van der Waals surface area contributed by atoms with Crippen LogP contribution in [0.3, 0.4) is 0 Å². The third-order valence-electron chi connectivity index (χ3n) is 3.23. The maximum atomic E-state index is 13.6.